The normalized spacial score (nSPS) is 26.8. The van der Waals surface area contributed by atoms with E-state index in [0.29, 0.717) is 5.41 Å². The third-order valence-corrected chi connectivity index (χ3v) is 1.22. The van der Waals surface area contributed by atoms with Crippen LogP contribution >= 0.6 is 0 Å². The van der Waals surface area contributed by atoms with Crippen LogP contribution in [0.25, 0.3) is 0 Å². The maximum Gasteiger partial charge on any atom is 0.395 e. The molecule has 0 aromatic rings. The van der Waals surface area contributed by atoms with Crippen molar-refractivity contribution in [2.75, 3.05) is 13.2 Å². The molecule has 0 atom stereocenters. The zero-order valence-corrected chi connectivity index (χ0v) is 5.40. The molecule has 0 amide bonds. The zero-order chi connectivity index (χ0) is 6.04. The van der Waals surface area contributed by atoms with Crippen molar-refractivity contribution in [2.45, 2.75) is 13.8 Å². The first-order valence-electron chi connectivity index (χ1n) is 2.87. The first-order chi connectivity index (χ1) is 3.71. The average molecular weight is 112 g/mol. The molecule has 1 N–H and O–H groups in total. The van der Waals surface area contributed by atoms with Crippen molar-refractivity contribution in [3.05, 3.63) is 0 Å². The van der Waals surface area contributed by atoms with Gasteiger partial charge in [-0.3, -0.25) is 0 Å². The molecule has 45 valence electrons. The lowest BCUT2D eigenvalue weighted by Crippen LogP contribution is -2.42. The van der Waals surface area contributed by atoms with Crippen molar-refractivity contribution >= 4 is 7.62 Å². The summed E-state index contributed by atoms with van der Waals surface area (Å²) >= 11 is 0. The molecule has 1 rings (SSSR count). The fraction of sp³-hybridized carbons (Fsp3) is 1.00. The van der Waals surface area contributed by atoms with Crippen LogP contribution in [0.3, 0.4) is 0 Å². The van der Waals surface area contributed by atoms with Crippen LogP contribution in [-0.4, -0.2) is 20.8 Å². The van der Waals surface area contributed by atoms with Crippen molar-refractivity contribution in [3.8, 4) is 0 Å². The molecule has 0 spiro atoms. The molecule has 1 aliphatic rings. The lowest BCUT2D eigenvalue weighted by atomic mass is 9.91. The lowest BCUT2D eigenvalue weighted by molar-refractivity contribution is 0.159. The van der Waals surface area contributed by atoms with E-state index in [9.17, 15) is 0 Å². The third kappa shape index (κ3) is 1.49. The van der Waals surface area contributed by atoms with Gasteiger partial charge in [-0.25, -0.2) is 0 Å². The van der Waals surface area contributed by atoms with Gasteiger partial charge in [0, 0.05) is 6.61 Å². The number of hydrogen-bond acceptors (Lipinski definition) is 2. The summed E-state index contributed by atoms with van der Waals surface area (Å²) in [6.45, 7) is 6.20. The summed E-state index contributed by atoms with van der Waals surface area (Å²) in [6, 6.07) is 0. The van der Waals surface area contributed by atoms with E-state index in [1.165, 1.54) is 0 Å². The molecule has 0 aromatic carbocycles. The minimum atomic E-state index is 0.314. The molecule has 1 heterocycles. The molecule has 1 aliphatic heterocycles. The fourth-order valence-electron chi connectivity index (χ4n) is 0.695. The maximum atomic E-state index is 5.05. The average Bonchev–Trinajstić information content (AvgIpc) is 1.65. The van der Waals surface area contributed by atoms with Gasteiger partial charge in [0.05, 0.1) is 0 Å². The molecule has 0 saturated carbocycles. The second-order valence-electron chi connectivity index (χ2n) is 2.97. The summed E-state index contributed by atoms with van der Waals surface area (Å²) in [5.41, 5.74) is 0.314. The quantitative estimate of drug-likeness (QED) is 0.451. The van der Waals surface area contributed by atoms with Gasteiger partial charge in [0.1, 0.15) is 0 Å². The van der Waals surface area contributed by atoms with Crippen LogP contribution < -0.4 is 5.23 Å². The summed E-state index contributed by atoms with van der Waals surface area (Å²) in [5.74, 6) is 0. The van der Waals surface area contributed by atoms with Crippen molar-refractivity contribution < 1.29 is 4.65 Å². The monoisotopic (exact) mass is 112 g/mol. The highest BCUT2D eigenvalue weighted by Crippen LogP contribution is 2.15. The molecule has 3 heteroatoms. The minimum absolute atomic E-state index is 0.314. The first-order valence-corrected chi connectivity index (χ1v) is 2.87. The predicted molar refractivity (Wildman–Crippen MR) is 33.5 cm³/mol. The van der Waals surface area contributed by atoms with Gasteiger partial charge in [0.2, 0.25) is 0 Å². The van der Waals surface area contributed by atoms with Crippen LogP contribution in [0, 0.1) is 5.41 Å². The molecule has 1 saturated heterocycles. The van der Waals surface area contributed by atoms with Crippen LogP contribution in [-0.2, 0) is 4.65 Å². The molecule has 0 aliphatic carbocycles. The van der Waals surface area contributed by atoms with Gasteiger partial charge in [-0.15, -0.1) is 0 Å². The Morgan fingerprint density at radius 3 is 2.62 bits per heavy atom. The van der Waals surface area contributed by atoms with Gasteiger partial charge in [0.25, 0.3) is 0 Å². The lowest BCUT2D eigenvalue weighted by Gasteiger charge is -2.29. The standard InChI is InChI=1S/C5H11BNO/c1-5(2)3-7-6-8-4-5/h7H,3-4H2,1-2H3. The van der Waals surface area contributed by atoms with Crippen molar-refractivity contribution in [1.29, 1.82) is 0 Å². The van der Waals surface area contributed by atoms with E-state index in [0.717, 1.165) is 13.2 Å². The highest BCUT2D eigenvalue weighted by Gasteiger charge is 2.21. The van der Waals surface area contributed by atoms with E-state index in [4.69, 9.17) is 4.65 Å². The topological polar surface area (TPSA) is 21.3 Å². The maximum absolute atomic E-state index is 5.05. The summed E-state index contributed by atoms with van der Waals surface area (Å²) in [7, 11) is 1.66. The summed E-state index contributed by atoms with van der Waals surface area (Å²) in [6.07, 6.45) is 0. The Balaban J connectivity index is 2.33. The molecule has 2 nitrogen and oxygen atoms in total. The third-order valence-electron chi connectivity index (χ3n) is 1.22. The van der Waals surface area contributed by atoms with Crippen LogP contribution in [0.4, 0.5) is 0 Å². The largest absolute Gasteiger partial charge is 0.424 e. The van der Waals surface area contributed by atoms with Gasteiger partial charge in [0.15, 0.2) is 0 Å². The van der Waals surface area contributed by atoms with Crippen molar-refractivity contribution in [2.24, 2.45) is 5.41 Å². The van der Waals surface area contributed by atoms with Crippen LogP contribution in [0.15, 0.2) is 0 Å². The smallest absolute Gasteiger partial charge is 0.395 e. The van der Waals surface area contributed by atoms with E-state index in [1.807, 2.05) is 0 Å². The summed E-state index contributed by atoms with van der Waals surface area (Å²) in [5, 5.41) is 3.03. The molecule has 8 heavy (non-hydrogen) atoms. The first kappa shape index (κ1) is 6.11. The highest BCUT2D eigenvalue weighted by molar-refractivity contribution is 6.23. The Labute approximate surface area is 50.9 Å². The second kappa shape index (κ2) is 2.07. The van der Waals surface area contributed by atoms with E-state index in [1.54, 1.807) is 7.62 Å². The molecule has 0 aromatic heterocycles. The van der Waals surface area contributed by atoms with Gasteiger partial charge in [-0.05, 0) is 12.0 Å². The Kier molecular flexibility index (Phi) is 1.58. The minimum Gasteiger partial charge on any atom is -0.424 e. The van der Waals surface area contributed by atoms with Crippen LogP contribution in [0.5, 0.6) is 0 Å². The fourth-order valence-corrected chi connectivity index (χ4v) is 0.695. The molecule has 1 fully saturated rings. The van der Waals surface area contributed by atoms with E-state index < -0.39 is 0 Å². The van der Waals surface area contributed by atoms with Gasteiger partial charge in [-0.2, -0.15) is 0 Å². The number of rotatable bonds is 0. The Hall–Kier alpha value is -0.0151. The van der Waals surface area contributed by atoms with Crippen molar-refractivity contribution in [1.82, 2.24) is 5.23 Å². The Morgan fingerprint density at radius 2 is 2.38 bits per heavy atom. The van der Waals surface area contributed by atoms with Gasteiger partial charge >= 0.3 is 7.62 Å². The molecule has 0 unspecified atom stereocenters. The van der Waals surface area contributed by atoms with Crippen LogP contribution in [0.1, 0.15) is 13.8 Å². The Morgan fingerprint density at radius 1 is 1.62 bits per heavy atom. The molecule has 1 radical (unpaired) electrons. The predicted octanol–water partition coefficient (Wildman–Crippen LogP) is 0.167. The molecular formula is C5H11BNO. The van der Waals surface area contributed by atoms with E-state index in [2.05, 4.69) is 19.1 Å². The number of nitrogens with one attached hydrogen (secondary N) is 1. The Bertz CT molecular complexity index is 76.5. The molecule has 0 bridgehead atoms. The zero-order valence-electron chi connectivity index (χ0n) is 5.40. The van der Waals surface area contributed by atoms with E-state index in [-0.39, 0.29) is 0 Å². The number of hydrogen-bond donors (Lipinski definition) is 1. The van der Waals surface area contributed by atoms with Crippen LogP contribution in [0.2, 0.25) is 0 Å². The van der Waals surface area contributed by atoms with Gasteiger partial charge in [-0.1, -0.05) is 13.8 Å². The van der Waals surface area contributed by atoms with Crippen molar-refractivity contribution in [3.63, 3.8) is 0 Å². The summed E-state index contributed by atoms with van der Waals surface area (Å²) < 4.78 is 5.05. The SMILES string of the molecule is CC1(C)CN[B]OC1. The van der Waals surface area contributed by atoms with E-state index >= 15 is 0 Å². The second-order valence-corrected chi connectivity index (χ2v) is 2.97. The van der Waals surface area contributed by atoms with Gasteiger partial charge < -0.3 is 9.88 Å². The summed E-state index contributed by atoms with van der Waals surface area (Å²) in [4.78, 5) is 0. The highest BCUT2D eigenvalue weighted by atomic mass is 16.4. The molecular weight excluding hydrogens is 101 g/mol.